The normalized spacial score (nSPS) is 36.2. The van der Waals surface area contributed by atoms with Crippen molar-refractivity contribution in [1.82, 2.24) is 4.90 Å². The zero-order valence-electron chi connectivity index (χ0n) is 13.8. The van der Waals surface area contributed by atoms with Crippen molar-refractivity contribution in [2.24, 2.45) is 11.3 Å². The van der Waals surface area contributed by atoms with Crippen molar-refractivity contribution >= 4 is 9.84 Å². The van der Waals surface area contributed by atoms with Crippen LogP contribution in [0.2, 0.25) is 0 Å². The van der Waals surface area contributed by atoms with E-state index in [1.807, 2.05) is 0 Å². The first kappa shape index (κ1) is 16.7. The van der Waals surface area contributed by atoms with Gasteiger partial charge in [-0.15, -0.1) is 0 Å². The van der Waals surface area contributed by atoms with Gasteiger partial charge in [0.1, 0.15) is 9.84 Å². The van der Waals surface area contributed by atoms with Gasteiger partial charge in [0.15, 0.2) is 0 Å². The first-order valence-electron chi connectivity index (χ1n) is 8.98. The molecule has 0 bridgehead atoms. The summed E-state index contributed by atoms with van der Waals surface area (Å²) in [6.45, 7) is 2.01. The molecule has 2 aliphatic carbocycles. The van der Waals surface area contributed by atoms with E-state index in [4.69, 9.17) is 0 Å². The molecule has 3 fully saturated rings. The molecular formula is C17H31NO3S. The number of hydrogen-bond acceptors (Lipinski definition) is 4. The number of nitrogens with zero attached hydrogens (tertiary/aromatic N) is 1. The Hall–Kier alpha value is -0.130. The maximum absolute atomic E-state index is 11.7. The molecule has 1 heterocycles. The molecule has 0 aromatic carbocycles. The zero-order valence-corrected chi connectivity index (χ0v) is 14.7. The average molecular weight is 330 g/mol. The first-order valence-corrected chi connectivity index (χ1v) is 11.0. The highest BCUT2D eigenvalue weighted by Gasteiger charge is 2.48. The molecule has 0 amide bonds. The van der Waals surface area contributed by atoms with Crippen molar-refractivity contribution in [1.29, 1.82) is 0 Å². The molecule has 5 heteroatoms. The molecule has 0 aromatic rings. The lowest BCUT2D eigenvalue weighted by atomic mass is 9.77. The number of likely N-dealkylation sites (tertiary alicyclic amines) is 1. The predicted molar refractivity (Wildman–Crippen MR) is 88.6 cm³/mol. The molecular weight excluding hydrogens is 298 g/mol. The van der Waals surface area contributed by atoms with E-state index in [2.05, 4.69) is 4.90 Å². The molecule has 22 heavy (non-hydrogen) atoms. The van der Waals surface area contributed by atoms with Crippen LogP contribution in [0.3, 0.4) is 0 Å². The van der Waals surface area contributed by atoms with Gasteiger partial charge in [0.2, 0.25) is 0 Å². The summed E-state index contributed by atoms with van der Waals surface area (Å²) in [5, 5.41) is 10.4. The number of aliphatic hydroxyl groups excluding tert-OH is 1. The van der Waals surface area contributed by atoms with Gasteiger partial charge in [0.05, 0.1) is 11.9 Å². The molecule has 0 aromatic heterocycles. The van der Waals surface area contributed by atoms with Gasteiger partial charge in [-0.3, -0.25) is 4.90 Å². The van der Waals surface area contributed by atoms with E-state index in [9.17, 15) is 13.5 Å². The Morgan fingerprint density at radius 1 is 1.09 bits per heavy atom. The topological polar surface area (TPSA) is 57.6 Å². The van der Waals surface area contributed by atoms with Gasteiger partial charge in [-0.2, -0.15) is 0 Å². The van der Waals surface area contributed by atoms with Crippen LogP contribution in [0.1, 0.15) is 57.8 Å². The van der Waals surface area contributed by atoms with Gasteiger partial charge < -0.3 is 5.11 Å². The van der Waals surface area contributed by atoms with E-state index in [0.717, 1.165) is 45.2 Å². The van der Waals surface area contributed by atoms with E-state index >= 15 is 0 Å². The molecule has 2 saturated carbocycles. The van der Waals surface area contributed by atoms with Crippen LogP contribution in [0.25, 0.3) is 0 Å². The van der Waals surface area contributed by atoms with Gasteiger partial charge in [-0.05, 0) is 50.5 Å². The minimum atomic E-state index is -2.90. The Bertz CT molecular complexity index is 486. The van der Waals surface area contributed by atoms with Crippen LogP contribution in [0.5, 0.6) is 0 Å². The summed E-state index contributed by atoms with van der Waals surface area (Å²) in [5.41, 5.74) is 0.0167. The fourth-order valence-corrected chi connectivity index (χ4v) is 6.29. The zero-order chi connectivity index (χ0) is 15.8. The maximum Gasteiger partial charge on any atom is 0.148 e. The van der Waals surface area contributed by atoms with Crippen molar-refractivity contribution < 1.29 is 13.5 Å². The monoisotopic (exact) mass is 329 g/mol. The highest BCUT2D eigenvalue weighted by Crippen LogP contribution is 2.48. The fourth-order valence-electron chi connectivity index (χ4n) is 4.80. The van der Waals surface area contributed by atoms with Gasteiger partial charge >= 0.3 is 0 Å². The highest BCUT2D eigenvalue weighted by molar-refractivity contribution is 7.90. The molecule has 3 aliphatic rings. The molecule has 3 unspecified atom stereocenters. The second kappa shape index (κ2) is 6.40. The van der Waals surface area contributed by atoms with Crippen LogP contribution in [0.15, 0.2) is 0 Å². The summed E-state index contributed by atoms with van der Waals surface area (Å²) >= 11 is 0. The molecule has 1 N–H and O–H groups in total. The summed E-state index contributed by atoms with van der Waals surface area (Å²) in [6, 6.07) is 0.473. The third-order valence-corrected chi connectivity index (χ3v) is 7.14. The fraction of sp³-hybridized carbons (Fsp3) is 1.00. The Morgan fingerprint density at radius 2 is 1.77 bits per heavy atom. The summed E-state index contributed by atoms with van der Waals surface area (Å²) < 4.78 is 23.4. The van der Waals surface area contributed by atoms with E-state index in [1.165, 1.54) is 31.9 Å². The van der Waals surface area contributed by atoms with Crippen molar-refractivity contribution in [3.63, 3.8) is 0 Å². The van der Waals surface area contributed by atoms with Gasteiger partial charge in [0, 0.05) is 24.8 Å². The van der Waals surface area contributed by atoms with Crippen molar-refractivity contribution in [3.05, 3.63) is 0 Å². The van der Waals surface area contributed by atoms with Crippen LogP contribution in [0.4, 0.5) is 0 Å². The highest BCUT2D eigenvalue weighted by atomic mass is 32.2. The van der Waals surface area contributed by atoms with Crippen molar-refractivity contribution in [3.8, 4) is 0 Å². The van der Waals surface area contributed by atoms with Crippen LogP contribution in [-0.4, -0.2) is 55.7 Å². The Kier molecular flexibility index (Phi) is 4.87. The molecule has 1 aliphatic heterocycles. The second-order valence-corrected chi connectivity index (χ2v) is 10.3. The van der Waals surface area contributed by atoms with Crippen LogP contribution >= 0.6 is 0 Å². The number of rotatable bonds is 5. The minimum Gasteiger partial charge on any atom is -0.393 e. The third-order valence-electron chi connectivity index (χ3n) is 6.00. The molecule has 4 nitrogen and oxygen atoms in total. The van der Waals surface area contributed by atoms with E-state index in [1.54, 1.807) is 0 Å². The quantitative estimate of drug-likeness (QED) is 0.840. The van der Waals surface area contributed by atoms with Crippen LogP contribution < -0.4 is 0 Å². The largest absolute Gasteiger partial charge is 0.393 e. The first-order chi connectivity index (χ1) is 10.4. The van der Waals surface area contributed by atoms with E-state index in [0.29, 0.717) is 17.7 Å². The summed E-state index contributed by atoms with van der Waals surface area (Å²) in [7, 11) is -2.90. The predicted octanol–water partition coefficient (Wildman–Crippen LogP) is 2.22. The lowest BCUT2D eigenvalue weighted by Gasteiger charge is -2.45. The molecule has 3 atom stereocenters. The van der Waals surface area contributed by atoms with Crippen LogP contribution in [0, 0.1) is 11.3 Å². The maximum atomic E-state index is 11.7. The van der Waals surface area contributed by atoms with Gasteiger partial charge in [0.25, 0.3) is 0 Å². The second-order valence-electron chi connectivity index (χ2n) is 8.12. The summed E-state index contributed by atoms with van der Waals surface area (Å²) in [6.07, 6.45) is 11.4. The summed E-state index contributed by atoms with van der Waals surface area (Å²) in [5.74, 6) is 0.749. The number of hydrogen-bond donors (Lipinski definition) is 1. The Balaban J connectivity index is 1.68. The summed E-state index contributed by atoms with van der Waals surface area (Å²) in [4.78, 5) is 2.54. The van der Waals surface area contributed by atoms with E-state index < -0.39 is 9.84 Å². The SMILES string of the molecule is CS(=O)(=O)CC1(CN2CCCCC2C2CCCCC2O)CC1. The van der Waals surface area contributed by atoms with Crippen molar-refractivity contribution in [2.45, 2.75) is 69.9 Å². The van der Waals surface area contributed by atoms with Gasteiger partial charge in [-0.1, -0.05) is 19.3 Å². The smallest absolute Gasteiger partial charge is 0.148 e. The third kappa shape index (κ3) is 4.04. The molecule has 1 saturated heterocycles. The molecule has 0 radical (unpaired) electrons. The standard InChI is InChI=1S/C17H31NO3S/c1-22(20,21)13-17(9-10-17)12-18-11-5-4-7-15(18)14-6-2-3-8-16(14)19/h14-16,19H,2-13H2,1H3. The van der Waals surface area contributed by atoms with E-state index in [-0.39, 0.29) is 11.5 Å². The Morgan fingerprint density at radius 3 is 2.41 bits per heavy atom. The molecule has 128 valence electrons. The van der Waals surface area contributed by atoms with Crippen LogP contribution in [-0.2, 0) is 9.84 Å². The molecule has 0 spiro atoms. The van der Waals surface area contributed by atoms with Crippen molar-refractivity contribution in [2.75, 3.05) is 25.1 Å². The number of sulfone groups is 1. The van der Waals surface area contributed by atoms with Gasteiger partial charge in [-0.25, -0.2) is 8.42 Å². The molecule has 3 rings (SSSR count). The number of aliphatic hydroxyl groups is 1. The lowest BCUT2D eigenvalue weighted by Crippen LogP contribution is -2.51. The average Bonchev–Trinajstić information content (AvgIpc) is 3.17. The Labute approximate surface area is 135 Å². The number of piperidine rings is 1. The lowest BCUT2D eigenvalue weighted by molar-refractivity contribution is -0.0112. The minimum absolute atomic E-state index is 0.0167.